The average molecular weight is 325 g/mol. The summed E-state index contributed by atoms with van der Waals surface area (Å²) in [7, 11) is -1.00. The molecule has 0 saturated carbocycles. The van der Waals surface area contributed by atoms with E-state index < -0.39 is 10.8 Å². The summed E-state index contributed by atoms with van der Waals surface area (Å²) in [6, 6.07) is 16.0. The fourth-order valence-corrected chi connectivity index (χ4v) is 3.74. The summed E-state index contributed by atoms with van der Waals surface area (Å²) in [5.41, 5.74) is 5.16. The molecule has 0 aliphatic carbocycles. The van der Waals surface area contributed by atoms with Crippen LogP contribution in [0.4, 0.5) is 0 Å². The molecular formula is C19H19NO2S. The molecular weight excluding hydrogens is 306 g/mol. The van der Waals surface area contributed by atoms with Gasteiger partial charge in [-0.1, -0.05) is 47.5 Å². The highest BCUT2D eigenvalue weighted by molar-refractivity contribution is 7.83. The van der Waals surface area contributed by atoms with Crippen LogP contribution in [0.3, 0.4) is 0 Å². The predicted octanol–water partition coefficient (Wildman–Crippen LogP) is 4.41. The predicted molar refractivity (Wildman–Crippen MR) is 93.4 cm³/mol. The second-order valence-corrected chi connectivity index (χ2v) is 7.19. The lowest BCUT2D eigenvalue weighted by Crippen LogP contribution is -2.00. The number of nitrogens with zero attached hydrogens (tertiary/aromatic N) is 1. The number of oxazole rings is 1. The maximum absolute atomic E-state index is 12.4. The third-order valence-electron chi connectivity index (χ3n) is 3.49. The summed E-state index contributed by atoms with van der Waals surface area (Å²) in [6.07, 6.45) is 1.60. The van der Waals surface area contributed by atoms with E-state index in [-0.39, 0.29) is 0 Å². The molecule has 3 rings (SSSR count). The van der Waals surface area contributed by atoms with E-state index in [0.717, 1.165) is 16.8 Å². The summed E-state index contributed by atoms with van der Waals surface area (Å²) >= 11 is 0. The van der Waals surface area contributed by atoms with Crippen molar-refractivity contribution >= 4 is 10.8 Å². The number of rotatable bonds is 5. The van der Waals surface area contributed by atoms with Gasteiger partial charge in [0.25, 0.3) is 0 Å². The summed E-state index contributed by atoms with van der Waals surface area (Å²) < 4.78 is 17.9. The Labute approximate surface area is 138 Å². The number of hydrogen-bond donors (Lipinski definition) is 0. The van der Waals surface area contributed by atoms with Gasteiger partial charge in [-0.05, 0) is 31.5 Å². The van der Waals surface area contributed by atoms with Crippen molar-refractivity contribution in [2.75, 3.05) is 0 Å². The highest BCUT2D eigenvalue weighted by Crippen LogP contribution is 2.19. The van der Waals surface area contributed by atoms with E-state index in [1.807, 2.05) is 30.3 Å². The molecule has 1 aromatic heterocycles. The molecule has 0 unspecified atom stereocenters. The van der Waals surface area contributed by atoms with Crippen LogP contribution >= 0.6 is 0 Å². The van der Waals surface area contributed by atoms with E-state index in [1.54, 1.807) is 6.26 Å². The molecule has 118 valence electrons. The highest BCUT2D eigenvalue weighted by atomic mass is 32.2. The summed E-state index contributed by atoms with van der Waals surface area (Å²) in [5.74, 6) is 1.52. The average Bonchev–Trinajstić information content (AvgIpc) is 2.95. The van der Waals surface area contributed by atoms with Crippen LogP contribution in [-0.2, 0) is 22.3 Å². The lowest BCUT2D eigenvalue weighted by molar-refractivity contribution is 0.573. The lowest BCUT2D eigenvalue weighted by atomic mass is 10.1. The van der Waals surface area contributed by atoms with E-state index in [2.05, 4.69) is 37.0 Å². The Bertz CT molecular complexity index is 804. The Kier molecular flexibility index (Phi) is 4.72. The molecule has 3 nitrogen and oxygen atoms in total. The normalized spacial score (nSPS) is 12.3. The third kappa shape index (κ3) is 4.17. The van der Waals surface area contributed by atoms with E-state index in [9.17, 15) is 4.21 Å². The zero-order chi connectivity index (χ0) is 16.2. The van der Waals surface area contributed by atoms with Crippen LogP contribution < -0.4 is 0 Å². The zero-order valence-electron chi connectivity index (χ0n) is 13.3. The minimum absolute atomic E-state index is 0.406. The molecule has 0 N–H and O–H groups in total. The van der Waals surface area contributed by atoms with Gasteiger partial charge in [0.15, 0.2) is 0 Å². The topological polar surface area (TPSA) is 43.1 Å². The van der Waals surface area contributed by atoms with Crippen LogP contribution in [0.15, 0.2) is 59.2 Å². The van der Waals surface area contributed by atoms with Gasteiger partial charge in [-0.25, -0.2) is 4.98 Å². The SMILES string of the molecule is Cc1cc(C)cc(C[S@](=O)Cc2coc(-c3ccccc3)n2)c1. The first kappa shape index (κ1) is 15.7. The minimum atomic E-state index is -1.00. The molecule has 0 aliphatic heterocycles. The molecule has 0 amide bonds. The van der Waals surface area contributed by atoms with E-state index in [1.165, 1.54) is 11.1 Å². The molecule has 23 heavy (non-hydrogen) atoms. The van der Waals surface area contributed by atoms with Crippen molar-refractivity contribution in [2.24, 2.45) is 0 Å². The van der Waals surface area contributed by atoms with Gasteiger partial charge < -0.3 is 4.42 Å². The molecule has 0 radical (unpaired) electrons. The van der Waals surface area contributed by atoms with Crippen molar-refractivity contribution in [3.05, 3.63) is 77.2 Å². The quantitative estimate of drug-likeness (QED) is 0.698. The van der Waals surface area contributed by atoms with Crippen molar-refractivity contribution < 1.29 is 8.63 Å². The Hall–Kier alpha value is -2.20. The second kappa shape index (κ2) is 6.92. The molecule has 0 bridgehead atoms. The van der Waals surface area contributed by atoms with Gasteiger partial charge in [-0.2, -0.15) is 0 Å². The van der Waals surface area contributed by atoms with Crippen LogP contribution in [0, 0.1) is 13.8 Å². The van der Waals surface area contributed by atoms with Gasteiger partial charge in [-0.3, -0.25) is 4.21 Å². The van der Waals surface area contributed by atoms with Gasteiger partial charge in [0, 0.05) is 22.1 Å². The maximum atomic E-state index is 12.4. The summed E-state index contributed by atoms with van der Waals surface area (Å²) in [4.78, 5) is 4.44. The summed E-state index contributed by atoms with van der Waals surface area (Å²) in [5, 5.41) is 0. The lowest BCUT2D eigenvalue weighted by Gasteiger charge is -2.04. The van der Waals surface area contributed by atoms with Gasteiger partial charge in [0.05, 0.1) is 11.4 Å². The molecule has 3 aromatic rings. The molecule has 0 spiro atoms. The van der Waals surface area contributed by atoms with E-state index in [4.69, 9.17) is 4.42 Å². The van der Waals surface area contributed by atoms with Crippen LogP contribution in [0.5, 0.6) is 0 Å². The minimum Gasteiger partial charge on any atom is -0.444 e. The maximum Gasteiger partial charge on any atom is 0.226 e. The first-order valence-electron chi connectivity index (χ1n) is 7.52. The molecule has 0 fully saturated rings. The van der Waals surface area contributed by atoms with Gasteiger partial charge in [-0.15, -0.1) is 0 Å². The van der Waals surface area contributed by atoms with Crippen LogP contribution in [-0.4, -0.2) is 9.19 Å². The molecule has 1 atom stereocenters. The smallest absolute Gasteiger partial charge is 0.226 e. The number of benzene rings is 2. The molecule has 0 saturated heterocycles. The van der Waals surface area contributed by atoms with Crippen molar-refractivity contribution in [2.45, 2.75) is 25.4 Å². The van der Waals surface area contributed by atoms with Crippen LogP contribution in [0.2, 0.25) is 0 Å². The Morgan fingerprint density at radius 3 is 2.39 bits per heavy atom. The number of hydrogen-bond acceptors (Lipinski definition) is 3. The Morgan fingerprint density at radius 1 is 1.00 bits per heavy atom. The number of aromatic nitrogens is 1. The first-order chi connectivity index (χ1) is 11.1. The highest BCUT2D eigenvalue weighted by Gasteiger charge is 2.10. The van der Waals surface area contributed by atoms with E-state index >= 15 is 0 Å². The molecule has 2 aromatic carbocycles. The van der Waals surface area contributed by atoms with Gasteiger partial charge in [0.1, 0.15) is 6.26 Å². The fourth-order valence-electron chi connectivity index (χ4n) is 2.64. The molecule has 0 aliphatic rings. The zero-order valence-corrected chi connectivity index (χ0v) is 14.1. The van der Waals surface area contributed by atoms with Gasteiger partial charge >= 0.3 is 0 Å². The van der Waals surface area contributed by atoms with Gasteiger partial charge in [0.2, 0.25) is 5.89 Å². The second-order valence-electron chi connectivity index (χ2n) is 5.73. The standard InChI is InChI=1S/C19H19NO2S/c1-14-8-15(2)10-16(9-14)12-23(21)13-18-11-22-19(20-18)17-6-4-3-5-7-17/h3-11H,12-13H2,1-2H3/t23-/m0/s1. The van der Waals surface area contributed by atoms with Crippen molar-refractivity contribution in [3.8, 4) is 11.5 Å². The first-order valence-corrected chi connectivity index (χ1v) is 9.01. The molecule has 4 heteroatoms. The van der Waals surface area contributed by atoms with Crippen molar-refractivity contribution in [1.29, 1.82) is 0 Å². The fraction of sp³-hybridized carbons (Fsp3) is 0.211. The van der Waals surface area contributed by atoms with Crippen LogP contribution in [0.1, 0.15) is 22.4 Å². The van der Waals surface area contributed by atoms with Crippen molar-refractivity contribution in [3.63, 3.8) is 0 Å². The van der Waals surface area contributed by atoms with Crippen LogP contribution in [0.25, 0.3) is 11.5 Å². The monoisotopic (exact) mass is 325 g/mol. The number of aryl methyl sites for hydroxylation is 2. The van der Waals surface area contributed by atoms with E-state index in [0.29, 0.717) is 17.4 Å². The third-order valence-corrected chi connectivity index (χ3v) is 4.76. The molecule has 1 heterocycles. The Morgan fingerprint density at radius 2 is 1.70 bits per heavy atom. The van der Waals surface area contributed by atoms with Crippen molar-refractivity contribution in [1.82, 2.24) is 4.98 Å². The Balaban J connectivity index is 1.68. The largest absolute Gasteiger partial charge is 0.444 e. The summed E-state index contributed by atoms with van der Waals surface area (Å²) in [6.45, 7) is 4.12.